The first-order valence-electron chi connectivity index (χ1n) is 8.84. The van der Waals surface area contributed by atoms with E-state index in [9.17, 15) is 14.4 Å². The third kappa shape index (κ3) is 5.14. The zero-order valence-electron chi connectivity index (χ0n) is 14.6. The minimum absolute atomic E-state index is 0.00656. The second-order valence-electron chi connectivity index (χ2n) is 6.30. The van der Waals surface area contributed by atoms with Crippen LogP contribution >= 0.6 is 11.8 Å². The fraction of sp³-hybridized carbons (Fsp3) is 0.500. The Labute approximate surface area is 157 Å². The van der Waals surface area contributed by atoms with Crippen LogP contribution in [0.25, 0.3) is 0 Å². The van der Waals surface area contributed by atoms with Gasteiger partial charge in [0.05, 0.1) is 6.42 Å². The van der Waals surface area contributed by atoms with Crippen molar-refractivity contribution in [2.24, 2.45) is 0 Å². The summed E-state index contributed by atoms with van der Waals surface area (Å²) in [6.45, 7) is 2.82. The Morgan fingerprint density at radius 2 is 1.85 bits per heavy atom. The number of carbonyl (C=O) groups is 3. The summed E-state index contributed by atoms with van der Waals surface area (Å²) in [5.41, 5.74) is 1.83. The van der Waals surface area contributed by atoms with Crippen molar-refractivity contribution in [1.29, 1.82) is 0 Å². The van der Waals surface area contributed by atoms with Gasteiger partial charge in [-0.2, -0.15) is 0 Å². The highest BCUT2D eigenvalue weighted by Crippen LogP contribution is 2.22. The van der Waals surface area contributed by atoms with Crippen molar-refractivity contribution in [2.75, 3.05) is 48.8 Å². The van der Waals surface area contributed by atoms with E-state index in [4.69, 9.17) is 4.74 Å². The normalized spacial score (nSPS) is 16.8. The molecule has 0 aromatic heterocycles. The molecule has 140 valence electrons. The molecule has 2 fully saturated rings. The second kappa shape index (κ2) is 8.93. The summed E-state index contributed by atoms with van der Waals surface area (Å²) in [4.78, 5) is 39.0. The Morgan fingerprint density at radius 3 is 2.50 bits per heavy atom. The van der Waals surface area contributed by atoms with Crippen molar-refractivity contribution in [3.63, 3.8) is 0 Å². The van der Waals surface area contributed by atoms with Gasteiger partial charge in [0.25, 0.3) is 11.1 Å². The average Bonchev–Trinajstić information content (AvgIpc) is 3.31. The predicted molar refractivity (Wildman–Crippen MR) is 102 cm³/mol. The zero-order valence-corrected chi connectivity index (χ0v) is 15.4. The molecule has 3 rings (SSSR count). The lowest BCUT2D eigenvalue weighted by molar-refractivity contribution is -0.147. The molecule has 0 aliphatic carbocycles. The number of carbonyl (C=O) groups excluding carboxylic acids is 3. The minimum atomic E-state index is -0.478. The average molecular weight is 377 g/mol. The number of nitrogens with one attached hydrogen (secondary N) is 1. The molecule has 2 aliphatic heterocycles. The fourth-order valence-corrected chi connectivity index (χ4v) is 3.85. The van der Waals surface area contributed by atoms with Gasteiger partial charge in [-0.1, -0.05) is 11.8 Å². The van der Waals surface area contributed by atoms with Crippen molar-refractivity contribution < 1.29 is 19.1 Å². The molecule has 1 aromatic carbocycles. The van der Waals surface area contributed by atoms with Crippen LogP contribution in [-0.4, -0.2) is 60.6 Å². The van der Waals surface area contributed by atoms with Crippen molar-refractivity contribution in [3.8, 4) is 0 Å². The monoisotopic (exact) mass is 377 g/mol. The van der Waals surface area contributed by atoms with E-state index < -0.39 is 5.97 Å². The lowest BCUT2D eigenvalue weighted by Crippen LogP contribution is -2.27. The number of amides is 2. The van der Waals surface area contributed by atoms with Gasteiger partial charge < -0.3 is 19.9 Å². The molecule has 2 saturated heterocycles. The van der Waals surface area contributed by atoms with Crippen molar-refractivity contribution >= 4 is 40.3 Å². The molecule has 2 aliphatic rings. The van der Waals surface area contributed by atoms with E-state index in [1.807, 2.05) is 24.3 Å². The van der Waals surface area contributed by atoms with Gasteiger partial charge in [0.1, 0.15) is 0 Å². The summed E-state index contributed by atoms with van der Waals surface area (Å²) in [5, 5.41) is 2.71. The van der Waals surface area contributed by atoms with Gasteiger partial charge in [0.2, 0.25) is 0 Å². The molecule has 7 nitrogen and oxygen atoms in total. The van der Waals surface area contributed by atoms with E-state index in [1.54, 1.807) is 4.90 Å². The highest BCUT2D eigenvalue weighted by atomic mass is 32.2. The van der Waals surface area contributed by atoms with Gasteiger partial charge in [0, 0.05) is 43.3 Å². The molecule has 2 heterocycles. The van der Waals surface area contributed by atoms with Gasteiger partial charge in [-0.05, 0) is 37.1 Å². The standard InChI is InChI=1S/C18H23N3O4S/c22-16(13-25-17(23)7-10-21-11-12-26-18(21)24)19-14-3-5-15(6-4-14)20-8-1-2-9-20/h3-6H,1-2,7-13H2,(H,19,22). The number of hydrogen-bond donors (Lipinski definition) is 1. The van der Waals surface area contributed by atoms with Crippen molar-refractivity contribution in [2.45, 2.75) is 19.3 Å². The van der Waals surface area contributed by atoms with Gasteiger partial charge in [-0.15, -0.1) is 0 Å². The van der Waals surface area contributed by atoms with Gasteiger partial charge >= 0.3 is 5.97 Å². The molecule has 0 saturated carbocycles. The molecule has 1 aromatic rings. The number of ether oxygens (including phenoxy) is 1. The van der Waals surface area contributed by atoms with Crippen LogP contribution in [0.15, 0.2) is 24.3 Å². The van der Waals surface area contributed by atoms with Crippen molar-refractivity contribution in [3.05, 3.63) is 24.3 Å². The molecule has 0 bridgehead atoms. The number of anilines is 2. The predicted octanol–water partition coefficient (Wildman–Crippen LogP) is 2.33. The third-order valence-electron chi connectivity index (χ3n) is 4.42. The Hall–Kier alpha value is -2.22. The summed E-state index contributed by atoms with van der Waals surface area (Å²) in [6, 6.07) is 7.67. The molecule has 0 atom stereocenters. The molecule has 0 radical (unpaired) electrons. The summed E-state index contributed by atoms with van der Waals surface area (Å²) >= 11 is 1.25. The lowest BCUT2D eigenvalue weighted by Gasteiger charge is -2.17. The lowest BCUT2D eigenvalue weighted by atomic mass is 10.2. The van der Waals surface area contributed by atoms with Crippen LogP contribution in [0.3, 0.4) is 0 Å². The Balaban J connectivity index is 1.36. The van der Waals surface area contributed by atoms with Crippen LogP contribution in [0.1, 0.15) is 19.3 Å². The maximum absolute atomic E-state index is 11.9. The number of thioether (sulfide) groups is 1. The van der Waals surface area contributed by atoms with E-state index in [0.29, 0.717) is 18.8 Å². The van der Waals surface area contributed by atoms with E-state index in [-0.39, 0.29) is 24.2 Å². The summed E-state index contributed by atoms with van der Waals surface area (Å²) in [7, 11) is 0. The number of hydrogen-bond acceptors (Lipinski definition) is 6. The highest BCUT2D eigenvalue weighted by Gasteiger charge is 2.21. The first kappa shape index (κ1) is 18.6. The van der Waals surface area contributed by atoms with E-state index in [2.05, 4.69) is 10.2 Å². The molecule has 1 N–H and O–H groups in total. The smallest absolute Gasteiger partial charge is 0.308 e. The second-order valence-corrected chi connectivity index (χ2v) is 7.35. The zero-order chi connectivity index (χ0) is 18.4. The van der Waals surface area contributed by atoms with Crippen LogP contribution in [0.4, 0.5) is 16.2 Å². The van der Waals surface area contributed by atoms with Gasteiger partial charge in [0.15, 0.2) is 6.61 Å². The first-order valence-corrected chi connectivity index (χ1v) is 9.82. The molecular weight excluding hydrogens is 354 g/mol. The van der Waals surface area contributed by atoms with Crippen LogP contribution in [0, 0.1) is 0 Å². The Bertz CT molecular complexity index is 659. The highest BCUT2D eigenvalue weighted by molar-refractivity contribution is 8.13. The van der Waals surface area contributed by atoms with Crippen LogP contribution in [-0.2, 0) is 14.3 Å². The molecule has 8 heteroatoms. The third-order valence-corrected chi connectivity index (χ3v) is 5.31. The van der Waals surface area contributed by atoms with E-state index in [1.165, 1.54) is 24.6 Å². The maximum atomic E-state index is 11.9. The largest absolute Gasteiger partial charge is 0.456 e. The number of rotatable bonds is 7. The van der Waals surface area contributed by atoms with Crippen molar-refractivity contribution in [1.82, 2.24) is 4.90 Å². The summed E-state index contributed by atoms with van der Waals surface area (Å²) in [5.74, 6) is -0.0957. The number of benzene rings is 1. The van der Waals surface area contributed by atoms with Gasteiger partial charge in [-0.3, -0.25) is 14.4 Å². The number of esters is 1. The van der Waals surface area contributed by atoms with Crippen LogP contribution in [0.2, 0.25) is 0 Å². The van der Waals surface area contributed by atoms with E-state index in [0.717, 1.165) is 24.5 Å². The van der Waals surface area contributed by atoms with E-state index >= 15 is 0 Å². The number of nitrogens with zero attached hydrogens (tertiary/aromatic N) is 2. The maximum Gasteiger partial charge on any atom is 0.308 e. The minimum Gasteiger partial charge on any atom is -0.456 e. The first-order chi connectivity index (χ1) is 12.6. The fourth-order valence-electron chi connectivity index (χ4n) is 3.00. The molecular formula is C18H23N3O4S. The SMILES string of the molecule is O=C(COC(=O)CCN1CCSC1=O)Nc1ccc(N2CCCC2)cc1. The topological polar surface area (TPSA) is 79.0 Å². The molecule has 26 heavy (non-hydrogen) atoms. The molecule has 0 unspecified atom stereocenters. The summed E-state index contributed by atoms with van der Waals surface area (Å²) < 4.78 is 4.97. The summed E-state index contributed by atoms with van der Waals surface area (Å²) in [6.07, 6.45) is 2.54. The Kier molecular flexibility index (Phi) is 6.38. The Morgan fingerprint density at radius 1 is 1.12 bits per heavy atom. The van der Waals surface area contributed by atoms with Gasteiger partial charge in [-0.25, -0.2) is 0 Å². The quantitative estimate of drug-likeness (QED) is 0.735. The van der Waals surface area contributed by atoms with Crippen LogP contribution < -0.4 is 10.2 Å². The van der Waals surface area contributed by atoms with Crippen LogP contribution in [0.5, 0.6) is 0 Å². The molecule has 2 amide bonds. The molecule has 0 spiro atoms.